The van der Waals surface area contributed by atoms with E-state index in [-0.39, 0.29) is 68.1 Å². The Morgan fingerprint density at radius 3 is 1.93 bits per heavy atom. The Labute approximate surface area is 167 Å². The highest BCUT2D eigenvalue weighted by Gasteiger charge is 2.43. The third-order valence-corrected chi connectivity index (χ3v) is 6.91. The van der Waals surface area contributed by atoms with Crippen molar-refractivity contribution in [3.8, 4) is 0 Å². The fourth-order valence-corrected chi connectivity index (χ4v) is 5.03. The number of aromatic nitrogens is 1. The van der Waals surface area contributed by atoms with E-state index in [0.717, 1.165) is 11.3 Å². The van der Waals surface area contributed by atoms with Gasteiger partial charge in [-0.15, -0.1) is 11.3 Å². The van der Waals surface area contributed by atoms with E-state index in [1.165, 1.54) is 4.90 Å². The largest absolute Gasteiger partial charge is 0.391 e. The van der Waals surface area contributed by atoms with E-state index in [2.05, 4.69) is 4.98 Å². The number of amides is 1. The van der Waals surface area contributed by atoms with E-state index in [9.17, 15) is 35.9 Å². The molecule has 0 N–H and O–H groups in total. The SMILES string of the molecule is O=Cc1sc([C@H]2CC[C@H](C(F)(F)F)CC2)nc1C(=O)N1CCC(C(F)(F)F)CC1. The first-order chi connectivity index (χ1) is 13.5. The second kappa shape index (κ2) is 8.23. The van der Waals surface area contributed by atoms with Gasteiger partial charge in [-0.2, -0.15) is 26.3 Å². The fraction of sp³-hybridized carbons (Fsp3) is 0.722. The van der Waals surface area contributed by atoms with Gasteiger partial charge in [0.05, 0.1) is 21.7 Å². The number of carbonyl (C=O) groups excluding carboxylic acids is 2. The average Bonchev–Trinajstić information content (AvgIpc) is 3.10. The topological polar surface area (TPSA) is 50.3 Å². The zero-order chi connectivity index (χ0) is 21.4. The smallest absolute Gasteiger partial charge is 0.337 e. The number of hydrogen-bond donors (Lipinski definition) is 0. The predicted octanol–water partition coefficient (Wildman–Crippen LogP) is 5.21. The summed E-state index contributed by atoms with van der Waals surface area (Å²) >= 11 is 0.984. The van der Waals surface area contributed by atoms with Crippen molar-refractivity contribution < 1.29 is 35.9 Å². The number of nitrogens with zero attached hydrogens (tertiary/aromatic N) is 2. The Hall–Kier alpha value is -1.65. The van der Waals surface area contributed by atoms with Crippen LogP contribution in [0, 0.1) is 11.8 Å². The molecular weight excluding hydrogens is 422 g/mol. The van der Waals surface area contributed by atoms with Gasteiger partial charge in [-0.3, -0.25) is 9.59 Å². The molecule has 2 heterocycles. The van der Waals surface area contributed by atoms with Crippen molar-refractivity contribution in [2.45, 2.75) is 56.8 Å². The van der Waals surface area contributed by atoms with Crippen molar-refractivity contribution in [3.63, 3.8) is 0 Å². The molecular formula is C18H20F6N2O2S. The number of piperidine rings is 1. The van der Waals surface area contributed by atoms with E-state index < -0.39 is 30.1 Å². The molecule has 1 aliphatic carbocycles. The van der Waals surface area contributed by atoms with Crippen LogP contribution in [0.2, 0.25) is 0 Å². The van der Waals surface area contributed by atoms with Crippen LogP contribution in [0.3, 0.4) is 0 Å². The summed E-state index contributed by atoms with van der Waals surface area (Å²) < 4.78 is 76.9. The lowest BCUT2D eigenvalue weighted by atomic mass is 9.82. The first kappa shape index (κ1) is 22.0. The van der Waals surface area contributed by atoms with Crippen LogP contribution in [0.25, 0.3) is 0 Å². The normalized spacial score (nSPS) is 24.6. The highest BCUT2D eigenvalue weighted by atomic mass is 32.1. The van der Waals surface area contributed by atoms with Crippen LogP contribution in [0.15, 0.2) is 0 Å². The standard InChI is InChI=1S/C18H20F6N2O2S/c19-17(20,21)11-3-1-10(2-4-11)15-25-14(13(9-27)29-15)16(28)26-7-5-12(6-8-26)18(22,23)24/h9-12H,1-8H2/t10-,11-. The second-order valence-electron chi connectivity index (χ2n) is 7.58. The Morgan fingerprint density at radius 1 is 0.931 bits per heavy atom. The van der Waals surface area contributed by atoms with Crippen LogP contribution in [-0.2, 0) is 0 Å². The van der Waals surface area contributed by atoms with Gasteiger partial charge in [0.25, 0.3) is 5.91 Å². The van der Waals surface area contributed by atoms with E-state index in [0.29, 0.717) is 11.3 Å². The first-order valence-electron chi connectivity index (χ1n) is 9.39. The van der Waals surface area contributed by atoms with E-state index in [1.807, 2.05) is 0 Å². The summed E-state index contributed by atoms with van der Waals surface area (Å²) in [5.74, 6) is -3.65. The molecule has 3 rings (SSSR count). The summed E-state index contributed by atoms with van der Waals surface area (Å²) in [5.41, 5.74) is -0.108. The average molecular weight is 442 g/mol. The summed E-state index contributed by atoms with van der Waals surface area (Å²) in [6, 6.07) is 0. The molecule has 1 saturated heterocycles. The number of hydrogen-bond acceptors (Lipinski definition) is 4. The van der Waals surface area contributed by atoms with Crippen molar-refractivity contribution in [2.24, 2.45) is 11.8 Å². The van der Waals surface area contributed by atoms with Gasteiger partial charge in [-0.1, -0.05) is 0 Å². The summed E-state index contributed by atoms with van der Waals surface area (Å²) in [7, 11) is 0. The van der Waals surface area contributed by atoms with Gasteiger partial charge < -0.3 is 4.90 Å². The second-order valence-corrected chi connectivity index (χ2v) is 8.64. The molecule has 2 fully saturated rings. The maximum absolute atomic E-state index is 12.8. The number of alkyl halides is 6. The number of carbonyl (C=O) groups is 2. The van der Waals surface area contributed by atoms with Crippen LogP contribution in [0.5, 0.6) is 0 Å². The first-order valence-corrected chi connectivity index (χ1v) is 10.2. The van der Waals surface area contributed by atoms with Gasteiger partial charge in [0.15, 0.2) is 6.29 Å². The molecule has 1 saturated carbocycles. The number of rotatable bonds is 3. The Kier molecular flexibility index (Phi) is 6.26. The molecule has 1 aromatic heterocycles. The predicted molar refractivity (Wildman–Crippen MR) is 92.9 cm³/mol. The minimum Gasteiger partial charge on any atom is -0.337 e. The molecule has 29 heavy (non-hydrogen) atoms. The van der Waals surface area contributed by atoms with Gasteiger partial charge in [0.1, 0.15) is 5.69 Å². The van der Waals surface area contributed by atoms with Crippen molar-refractivity contribution in [1.82, 2.24) is 9.88 Å². The molecule has 0 spiro atoms. The lowest BCUT2D eigenvalue weighted by Crippen LogP contribution is -2.42. The van der Waals surface area contributed by atoms with Crippen LogP contribution in [0.1, 0.15) is 69.6 Å². The van der Waals surface area contributed by atoms with Crippen LogP contribution in [0.4, 0.5) is 26.3 Å². The number of halogens is 6. The van der Waals surface area contributed by atoms with Gasteiger partial charge >= 0.3 is 12.4 Å². The van der Waals surface area contributed by atoms with Crippen molar-refractivity contribution >= 4 is 23.5 Å². The summed E-state index contributed by atoms with van der Waals surface area (Å²) in [6.07, 6.45) is -8.00. The Balaban J connectivity index is 1.68. The highest BCUT2D eigenvalue weighted by molar-refractivity contribution is 7.13. The van der Waals surface area contributed by atoms with Crippen molar-refractivity contribution in [1.29, 1.82) is 0 Å². The quantitative estimate of drug-likeness (QED) is 0.477. The maximum Gasteiger partial charge on any atom is 0.391 e. The highest BCUT2D eigenvalue weighted by Crippen LogP contribution is 2.44. The molecule has 0 unspecified atom stereocenters. The fourth-order valence-electron chi connectivity index (χ4n) is 3.98. The molecule has 0 atom stereocenters. The third-order valence-electron chi connectivity index (χ3n) is 5.76. The van der Waals surface area contributed by atoms with E-state index >= 15 is 0 Å². The Morgan fingerprint density at radius 2 is 1.45 bits per heavy atom. The molecule has 162 valence electrons. The minimum absolute atomic E-state index is 0.0294. The van der Waals surface area contributed by atoms with Gasteiger partial charge in [-0.05, 0) is 38.5 Å². The van der Waals surface area contributed by atoms with E-state index in [1.54, 1.807) is 0 Å². The molecule has 1 aliphatic heterocycles. The maximum atomic E-state index is 12.8. The lowest BCUT2D eigenvalue weighted by molar-refractivity contribution is -0.184. The molecule has 0 bridgehead atoms. The third kappa shape index (κ3) is 4.92. The van der Waals surface area contributed by atoms with Crippen LogP contribution in [-0.4, -0.2) is 47.5 Å². The minimum atomic E-state index is -4.30. The molecule has 2 aliphatic rings. The monoisotopic (exact) mass is 442 g/mol. The zero-order valence-electron chi connectivity index (χ0n) is 15.4. The molecule has 0 radical (unpaired) electrons. The summed E-state index contributed by atoms with van der Waals surface area (Å²) in [5, 5.41) is 0.446. The van der Waals surface area contributed by atoms with Gasteiger partial charge in [0.2, 0.25) is 0 Å². The number of likely N-dealkylation sites (tertiary alicyclic amines) is 1. The zero-order valence-corrected chi connectivity index (χ0v) is 16.2. The molecule has 0 aromatic carbocycles. The Bertz CT molecular complexity index is 745. The van der Waals surface area contributed by atoms with Crippen LogP contribution >= 0.6 is 11.3 Å². The summed E-state index contributed by atoms with van der Waals surface area (Å²) in [6.45, 7) is -0.157. The van der Waals surface area contributed by atoms with Gasteiger partial charge in [-0.25, -0.2) is 4.98 Å². The summed E-state index contributed by atoms with van der Waals surface area (Å²) in [4.78, 5) is 29.6. The molecule has 4 nitrogen and oxygen atoms in total. The number of aldehydes is 1. The van der Waals surface area contributed by atoms with Crippen molar-refractivity contribution in [3.05, 3.63) is 15.6 Å². The van der Waals surface area contributed by atoms with Crippen LogP contribution < -0.4 is 0 Å². The lowest BCUT2D eigenvalue weighted by Gasteiger charge is -2.32. The molecule has 1 aromatic rings. The van der Waals surface area contributed by atoms with E-state index in [4.69, 9.17) is 0 Å². The van der Waals surface area contributed by atoms with Gasteiger partial charge in [0, 0.05) is 19.0 Å². The molecule has 11 heteroatoms. The number of thiazole rings is 1. The van der Waals surface area contributed by atoms with Crippen molar-refractivity contribution in [2.75, 3.05) is 13.1 Å². The molecule has 1 amide bonds.